The molecule has 1 aliphatic rings. The predicted molar refractivity (Wildman–Crippen MR) is 72.6 cm³/mol. The maximum absolute atomic E-state index is 10.6. The van der Waals surface area contributed by atoms with E-state index in [1.807, 2.05) is 0 Å². The van der Waals surface area contributed by atoms with E-state index in [1.54, 1.807) is 0 Å². The van der Waals surface area contributed by atoms with Crippen LogP contribution in [-0.2, 0) is 4.74 Å². The minimum absolute atomic E-state index is 0.109. The third-order valence-electron chi connectivity index (χ3n) is 3.25. The number of halogens is 1. The Balaban J connectivity index is 2.20. The molecule has 1 aromatic heterocycles. The van der Waals surface area contributed by atoms with Crippen LogP contribution in [0.1, 0.15) is 26.2 Å². The molecule has 1 atom stereocenters. The number of hydrogen-bond acceptors (Lipinski definition) is 5. The molecule has 19 heavy (non-hydrogen) atoms. The molecule has 1 N–H and O–H groups in total. The van der Waals surface area contributed by atoms with Crippen LogP contribution in [0.3, 0.4) is 0 Å². The van der Waals surface area contributed by atoms with E-state index in [2.05, 4.69) is 17.2 Å². The van der Waals surface area contributed by atoms with Gasteiger partial charge in [-0.25, -0.2) is 4.98 Å². The van der Waals surface area contributed by atoms with Crippen molar-refractivity contribution in [2.24, 2.45) is 0 Å². The highest BCUT2D eigenvalue weighted by molar-refractivity contribution is 6.33. The average molecular weight is 286 g/mol. The maximum atomic E-state index is 10.6. The van der Waals surface area contributed by atoms with Gasteiger partial charge in [0.25, 0.3) is 5.69 Å². The van der Waals surface area contributed by atoms with Gasteiger partial charge in [0.15, 0.2) is 0 Å². The lowest BCUT2D eigenvalue weighted by Crippen LogP contribution is -2.39. The SMILES string of the molecule is CCC[C@@]1(Nc2ncc([N+](=O)[O-])cc2Cl)CCOC1. The van der Waals surface area contributed by atoms with Crippen molar-refractivity contribution in [3.8, 4) is 0 Å². The molecule has 2 rings (SSSR count). The lowest BCUT2D eigenvalue weighted by Gasteiger charge is -2.29. The van der Waals surface area contributed by atoms with Crippen LogP contribution in [0, 0.1) is 10.1 Å². The van der Waals surface area contributed by atoms with Crippen molar-refractivity contribution in [2.75, 3.05) is 18.5 Å². The van der Waals surface area contributed by atoms with Crippen LogP contribution in [0.2, 0.25) is 5.02 Å². The van der Waals surface area contributed by atoms with Crippen LogP contribution in [-0.4, -0.2) is 28.7 Å². The molecular weight excluding hydrogens is 270 g/mol. The van der Waals surface area contributed by atoms with Gasteiger partial charge in [0.2, 0.25) is 0 Å². The fourth-order valence-electron chi connectivity index (χ4n) is 2.31. The quantitative estimate of drug-likeness (QED) is 0.664. The van der Waals surface area contributed by atoms with Crippen molar-refractivity contribution >= 4 is 23.1 Å². The van der Waals surface area contributed by atoms with Gasteiger partial charge in [-0.15, -0.1) is 0 Å². The summed E-state index contributed by atoms with van der Waals surface area (Å²) < 4.78 is 5.45. The van der Waals surface area contributed by atoms with E-state index in [9.17, 15) is 10.1 Å². The summed E-state index contributed by atoms with van der Waals surface area (Å²) in [7, 11) is 0. The number of nitrogens with zero attached hydrogens (tertiary/aromatic N) is 2. The topological polar surface area (TPSA) is 77.3 Å². The molecule has 0 amide bonds. The highest BCUT2D eigenvalue weighted by Crippen LogP contribution is 2.32. The summed E-state index contributed by atoms with van der Waals surface area (Å²) in [5.41, 5.74) is -0.274. The Hall–Kier alpha value is -1.40. The lowest BCUT2D eigenvalue weighted by molar-refractivity contribution is -0.385. The second kappa shape index (κ2) is 5.71. The molecule has 6 nitrogen and oxygen atoms in total. The Morgan fingerprint density at radius 3 is 3.00 bits per heavy atom. The smallest absolute Gasteiger partial charge is 0.289 e. The van der Waals surface area contributed by atoms with Gasteiger partial charge in [-0.05, 0) is 12.8 Å². The number of hydrogen-bond donors (Lipinski definition) is 1. The second-order valence-corrected chi connectivity index (χ2v) is 5.15. The number of ether oxygens (including phenoxy) is 1. The molecule has 0 aromatic carbocycles. The average Bonchev–Trinajstić information content (AvgIpc) is 2.81. The van der Waals surface area contributed by atoms with Gasteiger partial charge in [-0.1, -0.05) is 24.9 Å². The number of nitrogens with one attached hydrogen (secondary N) is 1. The molecule has 2 heterocycles. The van der Waals surface area contributed by atoms with Gasteiger partial charge in [0.1, 0.15) is 12.0 Å². The summed E-state index contributed by atoms with van der Waals surface area (Å²) in [5, 5.41) is 14.2. The highest BCUT2D eigenvalue weighted by atomic mass is 35.5. The molecular formula is C12H16ClN3O3. The maximum Gasteiger partial charge on any atom is 0.289 e. The largest absolute Gasteiger partial charge is 0.379 e. The minimum Gasteiger partial charge on any atom is -0.379 e. The first-order chi connectivity index (χ1) is 9.06. The Bertz CT molecular complexity index is 475. The first-order valence-electron chi connectivity index (χ1n) is 6.22. The van der Waals surface area contributed by atoms with E-state index >= 15 is 0 Å². The Kier molecular flexibility index (Phi) is 4.21. The summed E-state index contributed by atoms with van der Waals surface area (Å²) in [6.45, 7) is 3.42. The molecule has 1 saturated heterocycles. The molecule has 0 unspecified atom stereocenters. The Morgan fingerprint density at radius 1 is 1.68 bits per heavy atom. The molecule has 104 valence electrons. The van der Waals surface area contributed by atoms with Gasteiger partial charge in [-0.3, -0.25) is 10.1 Å². The number of aromatic nitrogens is 1. The Labute approximate surface area is 116 Å². The van der Waals surface area contributed by atoms with E-state index < -0.39 is 4.92 Å². The fraction of sp³-hybridized carbons (Fsp3) is 0.583. The van der Waals surface area contributed by atoms with Crippen LogP contribution < -0.4 is 5.32 Å². The zero-order chi connectivity index (χ0) is 13.9. The highest BCUT2D eigenvalue weighted by Gasteiger charge is 2.34. The van der Waals surface area contributed by atoms with Crippen LogP contribution in [0.15, 0.2) is 12.3 Å². The second-order valence-electron chi connectivity index (χ2n) is 4.74. The standard InChI is InChI=1S/C12H16ClN3O3/c1-2-3-12(4-5-19-8-12)15-11-10(13)6-9(7-14-11)16(17)18/h6-7H,2-5,8H2,1H3,(H,14,15)/t12-/m1/s1. The molecule has 0 radical (unpaired) electrons. The monoisotopic (exact) mass is 285 g/mol. The van der Waals surface area contributed by atoms with E-state index in [4.69, 9.17) is 16.3 Å². The number of nitro groups is 1. The van der Waals surface area contributed by atoms with Gasteiger partial charge in [-0.2, -0.15) is 0 Å². The van der Waals surface area contributed by atoms with Crippen molar-refractivity contribution in [3.63, 3.8) is 0 Å². The predicted octanol–water partition coefficient (Wildman–Crippen LogP) is 3.01. The molecule has 1 fully saturated rings. The van der Waals surface area contributed by atoms with Crippen LogP contribution >= 0.6 is 11.6 Å². The minimum atomic E-state index is -0.511. The Morgan fingerprint density at radius 2 is 2.47 bits per heavy atom. The van der Waals surface area contributed by atoms with E-state index in [1.165, 1.54) is 12.3 Å². The first-order valence-corrected chi connectivity index (χ1v) is 6.60. The van der Waals surface area contributed by atoms with Gasteiger partial charge in [0.05, 0.1) is 22.1 Å². The third-order valence-corrected chi connectivity index (χ3v) is 3.54. The normalized spacial score (nSPS) is 22.4. The summed E-state index contributed by atoms with van der Waals surface area (Å²) in [6.07, 6.45) is 4.06. The van der Waals surface area contributed by atoms with Crippen LogP contribution in [0.4, 0.5) is 11.5 Å². The van der Waals surface area contributed by atoms with Gasteiger partial charge >= 0.3 is 0 Å². The molecule has 0 bridgehead atoms. The third kappa shape index (κ3) is 3.13. The van der Waals surface area contributed by atoms with Gasteiger partial charge in [0, 0.05) is 12.7 Å². The summed E-state index contributed by atoms with van der Waals surface area (Å²) in [4.78, 5) is 14.2. The molecule has 0 spiro atoms. The molecule has 0 aliphatic carbocycles. The van der Waals surface area contributed by atoms with Crippen LogP contribution in [0.25, 0.3) is 0 Å². The fourth-order valence-corrected chi connectivity index (χ4v) is 2.52. The van der Waals surface area contributed by atoms with Crippen molar-refractivity contribution in [3.05, 3.63) is 27.4 Å². The molecule has 0 saturated carbocycles. The van der Waals surface area contributed by atoms with Crippen molar-refractivity contribution in [1.29, 1.82) is 0 Å². The van der Waals surface area contributed by atoms with Crippen molar-refractivity contribution in [1.82, 2.24) is 4.98 Å². The van der Waals surface area contributed by atoms with Crippen LogP contribution in [0.5, 0.6) is 0 Å². The van der Waals surface area contributed by atoms with Crippen molar-refractivity contribution < 1.29 is 9.66 Å². The molecule has 7 heteroatoms. The lowest BCUT2D eigenvalue weighted by atomic mass is 9.93. The molecule has 1 aliphatic heterocycles. The summed E-state index contributed by atoms with van der Waals surface area (Å²) in [6, 6.07) is 1.31. The zero-order valence-electron chi connectivity index (χ0n) is 10.7. The number of rotatable bonds is 5. The number of pyridine rings is 1. The van der Waals surface area contributed by atoms with Gasteiger partial charge < -0.3 is 10.1 Å². The summed E-state index contributed by atoms with van der Waals surface area (Å²) >= 11 is 6.04. The first kappa shape index (κ1) is 14.0. The van der Waals surface area contributed by atoms with Crippen molar-refractivity contribution in [2.45, 2.75) is 31.7 Å². The summed E-state index contributed by atoms with van der Waals surface area (Å²) in [5.74, 6) is 0.478. The number of anilines is 1. The van der Waals surface area contributed by atoms with E-state index in [-0.39, 0.29) is 16.2 Å². The van der Waals surface area contributed by atoms with E-state index in [0.29, 0.717) is 19.0 Å². The zero-order valence-corrected chi connectivity index (χ0v) is 11.4. The molecule has 1 aromatic rings. The van der Waals surface area contributed by atoms with E-state index in [0.717, 1.165) is 19.3 Å².